The van der Waals surface area contributed by atoms with Gasteiger partial charge in [-0.3, -0.25) is 0 Å². The second-order valence-electron chi connectivity index (χ2n) is 3.85. The minimum atomic E-state index is -0.0731. The minimum Gasteiger partial charge on any atom is -0.496 e. The molecule has 3 heteroatoms. The third kappa shape index (κ3) is 2.42. The van der Waals surface area contributed by atoms with Gasteiger partial charge in [0.05, 0.1) is 19.8 Å². The van der Waals surface area contributed by atoms with E-state index >= 15 is 0 Å². The van der Waals surface area contributed by atoms with Crippen LogP contribution in [0, 0.1) is 5.92 Å². The average Bonchev–Trinajstić information content (AvgIpc) is 2.26. The van der Waals surface area contributed by atoms with E-state index in [0.29, 0.717) is 5.92 Å². The van der Waals surface area contributed by atoms with E-state index in [1.807, 2.05) is 18.2 Å². The SMILES string of the molecule is COc1cccc(OC)c1C(N)C(C)C. The van der Waals surface area contributed by atoms with Crippen LogP contribution in [0.15, 0.2) is 18.2 Å². The summed E-state index contributed by atoms with van der Waals surface area (Å²) < 4.78 is 10.6. The van der Waals surface area contributed by atoms with Crippen LogP contribution in [0.3, 0.4) is 0 Å². The number of methoxy groups -OCH3 is 2. The van der Waals surface area contributed by atoms with Gasteiger partial charge < -0.3 is 15.2 Å². The van der Waals surface area contributed by atoms with Crippen LogP contribution >= 0.6 is 0 Å². The van der Waals surface area contributed by atoms with Crippen molar-refractivity contribution >= 4 is 0 Å². The van der Waals surface area contributed by atoms with Crippen molar-refractivity contribution < 1.29 is 9.47 Å². The highest BCUT2D eigenvalue weighted by Crippen LogP contribution is 2.35. The quantitative estimate of drug-likeness (QED) is 0.828. The molecule has 0 heterocycles. The summed E-state index contributed by atoms with van der Waals surface area (Å²) in [6, 6.07) is 5.63. The lowest BCUT2D eigenvalue weighted by Gasteiger charge is -2.21. The lowest BCUT2D eigenvalue weighted by atomic mass is 9.95. The van der Waals surface area contributed by atoms with Crippen molar-refractivity contribution in [2.75, 3.05) is 14.2 Å². The lowest BCUT2D eigenvalue weighted by Crippen LogP contribution is -2.18. The first-order valence-corrected chi connectivity index (χ1v) is 5.08. The normalized spacial score (nSPS) is 12.7. The largest absolute Gasteiger partial charge is 0.496 e. The molecule has 0 amide bonds. The number of nitrogens with two attached hydrogens (primary N) is 1. The molecule has 0 bridgehead atoms. The van der Waals surface area contributed by atoms with Crippen molar-refractivity contribution in [1.29, 1.82) is 0 Å². The van der Waals surface area contributed by atoms with Crippen LogP contribution in [0.4, 0.5) is 0 Å². The standard InChI is InChI=1S/C12H19NO2/c1-8(2)12(13)11-9(14-3)6-5-7-10(11)15-4/h5-8,12H,13H2,1-4H3. The molecule has 15 heavy (non-hydrogen) atoms. The van der Waals surface area contributed by atoms with Gasteiger partial charge in [-0.2, -0.15) is 0 Å². The third-order valence-corrected chi connectivity index (χ3v) is 2.52. The van der Waals surface area contributed by atoms with E-state index in [2.05, 4.69) is 13.8 Å². The summed E-state index contributed by atoms with van der Waals surface area (Å²) in [6.07, 6.45) is 0. The Hall–Kier alpha value is -1.22. The smallest absolute Gasteiger partial charge is 0.127 e. The Kier molecular flexibility index (Phi) is 3.97. The van der Waals surface area contributed by atoms with Gasteiger partial charge in [0, 0.05) is 6.04 Å². The maximum atomic E-state index is 6.13. The maximum absolute atomic E-state index is 6.13. The molecular formula is C12H19NO2. The summed E-state index contributed by atoms with van der Waals surface area (Å²) in [5.74, 6) is 1.92. The molecule has 0 radical (unpaired) electrons. The molecule has 1 aromatic rings. The van der Waals surface area contributed by atoms with Gasteiger partial charge in [0.15, 0.2) is 0 Å². The molecule has 1 rings (SSSR count). The fourth-order valence-electron chi connectivity index (χ4n) is 1.54. The van der Waals surface area contributed by atoms with Crippen molar-refractivity contribution in [2.45, 2.75) is 19.9 Å². The number of hydrogen-bond donors (Lipinski definition) is 1. The zero-order valence-electron chi connectivity index (χ0n) is 9.78. The van der Waals surface area contributed by atoms with E-state index in [4.69, 9.17) is 15.2 Å². The molecular weight excluding hydrogens is 190 g/mol. The Morgan fingerprint density at radius 3 is 1.87 bits per heavy atom. The van der Waals surface area contributed by atoms with Crippen LogP contribution < -0.4 is 15.2 Å². The van der Waals surface area contributed by atoms with Crippen LogP contribution in [-0.2, 0) is 0 Å². The molecule has 0 saturated carbocycles. The van der Waals surface area contributed by atoms with E-state index in [0.717, 1.165) is 17.1 Å². The highest BCUT2D eigenvalue weighted by molar-refractivity contribution is 5.47. The molecule has 1 unspecified atom stereocenters. The van der Waals surface area contributed by atoms with Crippen molar-refractivity contribution in [2.24, 2.45) is 11.7 Å². The second-order valence-corrected chi connectivity index (χ2v) is 3.85. The molecule has 0 fully saturated rings. The maximum Gasteiger partial charge on any atom is 0.127 e. The summed E-state index contributed by atoms with van der Waals surface area (Å²) >= 11 is 0. The Morgan fingerprint density at radius 2 is 1.53 bits per heavy atom. The molecule has 0 spiro atoms. The van der Waals surface area contributed by atoms with E-state index in [1.54, 1.807) is 14.2 Å². The molecule has 0 aliphatic carbocycles. The zero-order valence-corrected chi connectivity index (χ0v) is 9.78. The predicted octanol–water partition coefficient (Wildman–Crippen LogP) is 2.36. The van der Waals surface area contributed by atoms with E-state index in [-0.39, 0.29) is 6.04 Å². The fraction of sp³-hybridized carbons (Fsp3) is 0.500. The summed E-state index contributed by atoms with van der Waals surface area (Å²) in [5, 5.41) is 0. The van der Waals surface area contributed by atoms with Crippen molar-refractivity contribution in [1.82, 2.24) is 0 Å². The van der Waals surface area contributed by atoms with E-state index in [1.165, 1.54) is 0 Å². The van der Waals surface area contributed by atoms with E-state index < -0.39 is 0 Å². The molecule has 3 nitrogen and oxygen atoms in total. The van der Waals surface area contributed by atoms with Crippen LogP contribution in [0.5, 0.6) is 11.5 Å². The molecule has 2 N–H and O–H groups in total. The predicted molar refractivity (Wildman–Crippen MR) is 61.3 cm³/mol. The lowest BCUT2D eigenvalue weighted by molar-refractivity contribution is 0.367. The van der Waals surface area contributed by atoms with Crippen LogP contribution in [-0.4, -0.2) is 14.2 Å². The fourth-order valence-corrected chi connectivity index (χ4v) is 1.54. The third-order valence-electron chi connectivity index (χ3n) is 2.52. The van der Waals surface area contributed by atoms with Gasteiger partial charge in [0.25, 0.3) is 0 Å². The van der Waals surface area contributed by atoms with Crippen molar-refractivity contribution in [3.05, 3.63) is 23.8 Å². The Balaban J connectivity index is 3.21. The van der Waals surface area contributed by atoms with Crippen molar-refractivity contribution in [3.63, 3.8) is 0 Å². The molecule has 0 aromatic heterocycles. The van der Waals surface area contributed by atoms with Gasteiger partial charge in [-0.05, 0) is 18.1 Å². The van der Waals surface area contributed by atoms with Crippen LogP contribution in [0.2, 0.25) is 0 Å². The molecule has 0 aliphatic rings. The van der Waals surface area contributed by atoms with Gasteiger partial charge in [0.2, 0.25) is 0 Å². The molecule has 0 saturated heterocycles. The van der Waals surface area contributed by atoms with E-state index in [9.17, 15) is 0 Å². The van der Waals surface area contributed by atoms with Gasteiger partial charge in [-0.1, -0.05) is 19.9 Å². The van der Waals surface area contributed by atoms with Crippen LogP contribution in [0.1, 0.15) is 25.5 Å². The summed E-state index contributed by atoms with van der Waals surface area (Å²) in [6.45, 7) is 4.16. The topological polar surface area (TPSA) is 44.5 Å². The van der Waals surface area contributed by atoms with Crippen LogP contribution in [0.25, 0.3) is 0 Å². The highest BCUT2D eigenvalue weighted by Gasteiger charge is 2.19. The van der Waals surface area contributed by atoms with Gasteiger partial charge in [-0.15, -0.1) is 0 Å². The molecule has 1 atom stereocenters. The van der Waals surface area contributed by atoms with Gasteiger partial charge >= 0.3 is 0 Å². The molecule has 84 valence electrons. The number of hydrogen-bond acceptors (Lipinski definition) is 3. The van der Waals surface area contributed by atoms with Gasteiger partial charge in [-0.25, -0.2) is 0 Å². The summed E-state index contributed by atoms with van der Waals surface area (Å²) in [5.41, 5.74) is 7.07. The number of benzene rings is 1. The number of ether oxygens (including phenoxy) is 2. The summed E-state index contributed by atoms with van der Waals surface area (Å²) in [7, 11) is 3.29. The first kappa shape index (κ1) is 11.9. The Morgan fingerprint density at radius 1 is 1.07 bits per heavy atom. The highest BCUT2D eigenvalue weighted by atomic mass is 16.5. The minimum absolute atomic E-state index is 0.0731. The first-order valence-electron chi connectivity index (χ1n) is 5.08. The average molecular weight is 209 g/mol. The molecule has 1 aromatic carbocycles. The number of rotatable bonds is 4. The van der Waals surface area contributed by atoms with Gasteiger partial charge in [0.1, 0.15) is 11.5 Å². The summed E-state index contributed by atoms with van der Waals surface area (Å²) in [4.78, 5) is 0. The Labute approximate surface area is 91.2 Å². The monoisotopic (exact) mass is 209 g/mol. The van der Waals surface area contributed by atoms with Crippen molar-refractivity contribution in [3.8, 4) is 11.5 Å². The second kappa shape index (κ2) is 5.03. The first-order chi connectivity index (χ1) is 7.11. The zero-order chi connectivity index (χ0) is 11.4. The Bertz CT molecular complexity index is 301. The molecule has 0 aliphatic heterocycles.